The van der Waals surface area contributed by atoms with Crippen molar-refractivity contribution in [1.82, 2.24) is 9.97 Å². The van der Waals surface area contributed by atoms with E-state index in [1.54, 1.807) is 6.92 Å². The summed E-state index contributed by atoms with van der Waals surface area (Å²) in [6.45, 7) is 6.27. The highest BCUT2D eigenvalue weighted by Gasteiger charge is 2.33. The van der Waals surface area contributed by atoms with E-state index in [0.717, 1.165) is 29.9 Å². The fourth-order valence-electron chi connectivity index (χ4n) is 3.15. The molecule has 6 nitrogen and oxygen atoms in total. The second kappa shape index (κ2) is 7.86. The highest BCUT2D eigenvalue weighted by Crippen LogP contribution is 2.37. The predicted molar refractivity (Wildman–Crippen MR) is 92.5 cm³/mol. The maximum atomic E-state index is 11.7. The Bertz CT molecular complexity index is 682. The third kappa shape index (κ3) is 3.37. The molecular formula is C18H25N3O3. The van der Waals surface area contributed by atoms with Crippen molar-refractivity contribution in [3.63, 3.8) is 0 Å². The van der Waals surface area contributed by atoms with Gasteiger partial charge in [0.1, 0.15) is 0 Å². The number of nitrogens with zero attached hydrogens (tertiary/aromatic N) is 1. The standard InChI is InChI=1S/C18H25N3O3/c1-4-18(5-2,15-8-7-11-19-15)16-10-9-13(20-16)12-14(21-23)17(22)24-6-3/h7-11,19-20,23H,4-6,12H2,1-3H3/b21-14-. The van der Waals surface area contributed by atoms with Crippen molar-refractivity contribution in [2.45, 2.75) is 45.4 Å². The van der Waals surface area contributed by atoms with Gasteiger partial charge in [-0.2, -0.15) is 0 Å². The van der Waals surface area contributed by atoms with E-state index in [0.29, 0.717) is 0 Å². The fourth-order valence-corrected chi connectivity index (χ4v) is 3.15. The zero-order chi connectivity index (χ0) is 17.6. The van der Waals surface area contributed by atoms with Crippen LogP contribution in [0.15, 0.2) is 35.6 Å². The normalized spacial score (nSPS) is 12.4. The Balaban J connectivity index is 2.27. The third-order valence-electron chi connectivity index (χ3n) is 4.57. The molecule has 0 aliphatic rings. The Morgan fingerprint density at radius 2 is 1.96 bits per heavy atom. The lowest BCUT2D eigenvalue weighted by Gasteiger charge is -2.30. The summed E-state index contributed by atoms with van der Waals surface area (Å²) in [5.41, 5.74) is 2.89. The number of rotatable bonds is 8. The van der Waals surface area contributed by atoms with E-state index < -0.39 is 5.97 Å². The summed E-state index contributed by atoms with van der Waals surface area (Å²) in [6.07, 6.45) is 3.99. The van der Waals surface area contributed by atoms with Crippen molar-refractivity contribution in [3.05, 3.63) is 47.5 Å². The predicted octanol–water partition coefficient (Wildman–Crippen LogP) is 3.38. The van der Waals surface area contributed by atoms with Gasteiger partial charge in [0.05, 0.1) is 6.61 Å². The lowest BCUT2D eigenvalue weighted by atomic mass is 9.76. The second-order valence-electron chi connectivity index (χ2n) is 5.71. The molecule has 6 heteroatoms. The van der Waals surface area contributed by atoms with Gasteiger partial charge in [-0.15, -0.1) is 0 Å². The third-order valence-corrected chi connectivity index (χ3v) is 4.57. The summed E-state index contributed by atoms with van der Waals surface area (Å²) in [7, 11) is 0. The molecule has 2 aromatic rings. The van der Waals surface area contributed by atoms with E-state index in [1.165, 1.54) is 0 Å². The van der Waals surface area contributed by atoms with E-state index in [4.69, 9.17) is 9.94 Å². The molecule has 2 heterocycles. The van der Waals surface area contributed by atoms with Crippen LogP contribution in [-0.2, 0) is 21.4 Å². The molecule has 0 aliphatic carbocycles. The van der Waals surface area contributed by atoms with Crippen LogP contribution < -0.4 is 0 Å². The van der Waals surface area contributed by atoms with E-state index in [1.807, 2.05) is 24.4 Å². The average molecular weight is 331 g/mol. The van der Waals surface area contributed by atoms with Crippen LogP contribution in [0.3, 0.4) is 0 Å². The number of aromatic amines is 2. The zero-order valence-electron chi connectivity index (χ0n) is 14.4. The number of esters is 1. The Labute approximate surface area is 141 Å². The van der Waals surface area contributed by atoms with Gasteiger partial charge in [0.2, 0.25) is 0 Å². The van der Waals surface area contributed by atoms with Gasteiger partial charge in [-0.3, -0.25) is 0 Å². The van der Waals surface area contributed by atoms with Gasteiger partial charge < -0.3 is 19.9 Å². The molecule has 0 aliphatic heterocycles. The Kier molecular flexibility index (Phi) is 5.84. The average Bonchev–Trinajstić information content (AvgIpc) is 3.27. The molecule has 0 fully saturated rings. The maximum absolute atomic E-state index is 11.7. The molecule has 0 aromatic carbocycles. The van der Waals surface area contributed by atoms with Crippen LogP contribution in [0.2, 0.25) is 0 Å². The summed E-state index contributed by atoms with van der Waals surface area (Å²) in [4.78, 5) is 18.5. The quantitative estimate of drug-likeness (QED) is 0.300. The van der Waals surface area contributed by atoms with Crippen molar-refractivity contribution in [1.29, 1.82) is 0 Å². The van der Waals surface area contributed by atoms with Crippen molar-refractivity contribution < 1.29 is 14.7 Å². The molecule has 130 valence electrons. The Morgan fingerprint density at radius 3 is 2.50 bits per heavy atom. The van der Waals surface area contributed by atoms with Crippen LogP contribution in [0.5, 0.6) is 0 Å². The minimum atomic E-state index is -0.599. The van der Waals surface area contributed by atoms with Crippen LogP contribution in [0.25, 0.3) is 0 Å². The lowest BCUT2D eigenvalue weighted by Crippen LogP contribution is -2.27. The van der Waals surface area contributed by atoms with Gasteiger partial charge in [0.25, 0.3) is 0 Å². The molecule has 24 heavy (non-hydrogen) atoms. The molecule has 2 aromatic heterocycles. The fraction of sp³-hybridized carbons (Fsp3) is 0.444. The summed E-state index contributed by atoms with van der Waals surface area (Å²) in [6, 6.07) is 8.04. The summed E-state index contributed by atoms with van der Waals surface area (Å²) >= 11 is 0. The largest absolute Gasteiger partial charge is 0.461 e. The minimum absolute atomic E-state index is 0.0104. The number of H-pyrrole nitrogens is 2. The number of hydrogen-bond donors (Lipinski definition) is 3. The van der Waals surface area contributed by atoms with E-state index in [9.17, 15) is 4.79 Å². The number of oxime groups is 1. The second-order valence-corrected chi connectivity index (χ2v) is 5.71. The van der Waals surface area contributed by atoms with E-state index in [-0.39, 0.29) is 24.2 Å². The zero-order valence-corrected chi connectivity index (χ0v) is 14.4. The molecule has 0 amide bonds. The highest BCUT2D eigenvalue weighted by atomic mass is 16.5. The van der Waals surface area contributed by atoms with Gasteiger partial charge >= 0.3 is 5.97 Å². The molecule has 0 bridgehead atoms. The SMILES string of the molecule is CCOC(=O)/C(Cc1ccc(C(CC)(CC)c2ccc[nH]2)[nH]1)=N\O. The summed E-state index contributed by atoms with van der Waals surface area (Å²) in [5, 5.41) is 12.1. The van der Waals surface area contributed by atoms with Gasteiger partial charge in [0, 0.05) is 35.1 Å². The summed E-state index contributed by atoms with van der Waals surface area (Å²) in [5.74, 6) is -0.599. The molecule has 0 radical (unpaired) electrons. The number of carbonyl (C=O) groups is 1. The molecule has 3 N–H and O–H groups in total. The molecule has 0 spiro atoms. The number of carbonyl (C=O) groups excluding carboxylic acids is 1. The van der Waals surface area contributed by atoms with Gasteiger partial charge in [0.15, 0.2) is 5.71 Å². The van der Waals surface area contributed by atoms with Crippen LogP contribution in [0.1, 0.15) is 50.7 Å². The Morgan fingerprint density at radius 1 is 1.21 bits per heavy atom. The van der Waals surface area contributed by atoms with Gasteiger partial charge in [-0.1, -0.05) is 19.0 Å². The first-order chi connectivity index (χ1) is 11.6. The van der Waals surface area contributed by atoms with Crippen molar-refractivity contribution in [3.8, 4) is 0 Å². The summed E-state index contributed by atoms with van der Waals surface area (Å²) < 4.78 is 4.89. The lowest BCUT2D eigenvalue weighted by molar-refractivity contribution is -0.135. The number of hydrogen-bond acceptors (Lipinski definition) is 4. The first-order valence-electron chi connectivity index (χ1n) is 8.31. The number of nitrogens with one attached hydrogen (secondary N) is 2. The Hall–Kier alpha value is -2.50. The molecule has 0 saturated heterocycles. The van der Waals surface area contributed by atoms with Gasteiger partial charge in [-0.25, -0.2) is 4.79 Å². The molecular weight excluding hydrogens is 306 g/mol. The van der Waals surface area contributed by atoms with Gasteiger partial charge in [-0.05, 0) is 44.0 Å². The molecule has 0 saturated carbocycles. The molecule has 2 rings (SSSR count). The minimum Gasteiger partial charge on any atom is -0.461 e. The van der Waals surface area contributed by atoms with Crippen LogP contribution >= 0.6 is 0 Å². The molecule has 0 unspecified atom stereocenters. The van der Waals surface area contributed by atoms with Crippen LogP contribution in [0.4, 0.5) is 0 Å². The smallest absolute Gasteiger partial charge is 0.356 e. The van der Waals surface area contributed by atoms with Crippen molar-refractivity contribution in [2.75, 3.05) is 6.61 Å². The van der Waals surface area contributed by atoms with E-state index in [2.05, 4.69) is 35.0 Å². The molecule has 0 atom stereocenters. The van der Waals surface area contributed by atoms with Crippen LogP contribution in [-0.4, -0.2) is 33.5 Å². The number of ether oxygens (including phenoxy) is 1. The first-order valence-corrected chi connectivity index (χ1v) is 8.31. The first kappa shape index (κ1) is 17.8. The monoisotopic (exact) mass is 331 g/mol. The highest BCUT2D eigenvalue weighted by molar-refractivity contribution is 6.36. The maximum Gasteiger partial charge on any atom is 0.356 e. The number of aromatic nitrogens is 2. The topological polar surface area (TPSA) is 90.5 Å². The van der Waals surface area contributed by atoms with Crippen LogP contribution in [0, 0.1) is 0 Å². The van der Waals surface area contributed by atoms with Crippen molar-refractivity contribution >= 4 is 11.7 Å². The van der Waals surface area contributed by atoms with Crippen molar-refractivity contribution in [2.24, 2.45) is 5.16 Å². The van der Waals surface area contributed by atoms with E-state index >= 15 is 0 Å².